The third kappa shape index (κ3) is 2.35. The van der Waals surface area contributed by atoms with Crippen LogP contribution in [-0.4, -0.2) is 15.5 Å². The van der Waals surface area contributed by atoms with Crippen LogP contribution in [0.2, 0.25) is 10.0 Å². The molecule has 6 heteroatoms. The quantitative estimate of drug-likeness (QED) is 0.942. The van der Waals surface area contributed by atoms with Gasteiger partial charge in [-0.3, -0.25) is 4.79 Å². The van der Waals surface area contributed by atoms with E-state index in [0.717, 1.165) is 0 Å². The van der Waals surface area contributed by atoms with Gasteiger partial charge in [-0.2, -0.15) is 0 Å². The number of carbonyl (C=O) groups is 1. The van der Waals surface area contributed by atoms with Gasteiger partial charge in [-0.05, 0) is 25.1 Å². The highest BCUT2D eigenvalue weighted by molar-refractivity contribution is 6.35. The minimum absolute atomic E-state index is 0.438. The van der Waals surface area contributed by atoms with Crippen LogP contribution in [0.1, 0.15) is 13.0 Å². The summed E-state index contributed by atoms with van der Waals surface area (Å²) in [6.07, 6.45) is 3.27. The number of benzene rings is 1. The van der Waals surface area contributed by atoms with Gasteiger partial charge in [0.1, 0.15) is 11.9 Å². The van der Waals surface area contributed by atoms with Crippen molar-refractivity contribution < 1.29 is 4.79 Å². The summed E-state index contributed by atoms with van der Waals surface area (Å²) in [4.78, 5) is 15.5. The lowest BCUT2D eigenvalue weighted by Crippen LogP contribution is -2.24. The first kappa shape index (κ1) is 12.9. The SMILES string of the molecule is CC(C(N)=O)n1ccnc1-c1cc(Cl)ccc1Cl. The largest absolute Gasteiger partial charge is 0.368 e. The average Bonchev–Trinajstić information content (AvgIpc) is 2.80. The maximum absolute atomic E-state index is 11.2. The molecule has 0 saturated carbocycles. The number of primary amides is 1. The summed E-state index contributed by atoms with van der Waals surface area (Å²) >= 11 is 12.1. The Labute approximate surface area is 114 Å². The second-order valence-corrected chi connectivity index (χ2v) is 4.70. The van der Waals surface area contributed by atoms with E-state index in [1.54, 1.807) is 42.1 Å². The van der Waals surface area contributed by atoms with Gasteiger partial charge in [-0.15, -0.1) is 0 Å². The first-order chi connectivity index (χ1) is 8.50. The Morgan fingerprint density at radius 2 is 2.17 bits per heavy atom. The predicted molar refractivity (Wildman–Crippen MR) is 71.6 cm³/mol. The number of imidazole rings is 1. The summed E-state index contributed by atoms with van der Waals surface area (Å²) in [5.41, 5.74) is 5.96. The highest BCUT2D eigenvalue weighted by atomic mass is 35.5. The van der Waals surface area contributed by atoms with Gasteiger partial charge in [-0.1, -0.05) is 23.2 Å². The minimum atomic E-state index is -0.502. The van der Waals surface area contributed by atoms with Crippen LogP contribution in [0.4, 0.5) is 0 Å². The third-order valence-corrected chi connectivity index (χ3v) is 3.23. The maximum atomic E-state index is 11.2. The summed E-state index contributed by atoms with van der Waals surface area (Å²) in [5, 5.41) is 1.07. The highest BCUT2D eigenvalue weighted by Gasteiger charge is 2.17. The van der Waals surface area contributed by atoms with Crippen molar-refractivity contribution in [3.05, 3.63) is 40.6 Å². The molecule has 1 heterocycles. The van der Waals surface area contributed by atoms with Crippen molar-refractivity contribution >= 4 is 29.1 Å². The summed E-state index contributed by atoms with van der Waals surface area (Å²) in [6, 6.07) is 4.58. The molecule has 1 unspecified atom stereocenters. The molecule has 0 aliphatic carbocycles. The lowest BCUT2D eigenvalue weighted by atomic mass is 10.2. The Balaban J connectivity index is 2.55. The van der Waals surface area contributed by atoms with Crippen LogP contribution in [0.25, 0.3) is 11.4 Å². The number of amides is 1. The molecule has 1 aromatic heterocycles. The van der Waals surface area contributed by atoms with Gasteiger partial charge in [0.2, 0.25) is 5.91 Å². The van der Waals surface area contributed by atoms with E-state index in [1.807, 2.05) is 0 Å². The van der Waals surface area contributed by atoms with Crippen LogP contribution < -0.4 is 5.73 Å². The van der Waals surface area contributed by atoms with Crippen LogP contribution >= 0.6 is 23.2 Å². The number of nitrogens with two attached hydrogens (primary N) is 1. The van der Waals surface area contributed by atoms with Crippen molar-refractivity contribution in [2.24, 2.45) is 5.73 Å². The molecule has 4 nitrogen and oxygen atoms in total. The Morgan fingerprint density at radius 3 is 2.83 bits per heavy atom. The Morgan fingerprint density at radius 1 is 1.44 bits per heavy atom. The maximum Gasteiger partial charge on any atom is 0.240 e. The van der Waals surface area contributed by atoms with E-state index in [9.17, 15) is 4.79 Å². The zero-order valence-electron chi connectivity index (χ0n) is 9.60. The molecule has 0 radical (unpaired) electrons. The molecule has 2 rings (SSSR count). The van der Waals surface area contributed by atoms with Gasteiger partial charge in [-0.25, -0.2) is 4.98 Å². The molecule has 1 amide bonds. The van der Waals surface area contributed by atoms with Gasteiger partial charge in [0.05, 0.1) is 5.02 Å². The van der Waals surface area contributed by atoms with Gasteiger partial charge in [0.15, 0.2) is 0 Å². The molecular weight excluding hydrogens is 273 g/mol. The summed E-state index contributed by atoms with van der Waals surface area (Å²) < 4.78 is 1.67. The second-order valence-electron chi connectivity index (χ2n) is 3.86. The van der Waals surface area contributed by atoms with Crippen molar-refractivity contribution in [3.8, 4) is 11.4 Å². The van der Waals surface area contributed by atoms with Gasteiger partial charge in [0, 0.05) is 23.0 Å². The fraction of sp³-hybridized carbons (Fsp3) is 0.167. The lowest BCUT2D eigenvalue weighted by Gasteiger charge is -2.13. The Hall–Kier alpha value is -1.52. The normalized spacial score (nSPS) is 12.4. The molecule has 0 aliphatic rings. The zero-order valence-corrected chi connectivity index (χ0v) is 11.1. The summed E-state index contributed by atoms with van der Waals surface area (Å²) in [5.74, 6) is 0.126. The smallest absolute Gasteiger partial charge is 0.240 e. The molecule has 0 aliphatic heterocycles. The van der Waals surface area contributed by atoms with E-state index in [2.05, 4.69) is 4.98 Å². The Bertz CT molecular complexity index is 595. The van der Waals surface area contributed by atoms with Crippen molar-refractivity contribution in [1.82, 2.24) is 9.55 Å². The van der Waals surface area contributed by atoms with E-state index in [1.165, 1.54) is 0 Å². The standard InChI is InChI=1S/C12H11Cl2N3O/c1-7(11(15)18)17-5-4-16-12(17)9-6-8(13)2-3-10(9)14/h2-7H,1H3,(H2,15,18). The molecule has 2 aromatic rings. The molecule has 1 atom stereocenters. The van der Waals surface area contributed by atoms with Crippen LogP contribution in [0.3, 0.4) is 0 Å². The number of nitrogens with zero attached hydrogens (tertiary/aromatic N) is 2. The molecule has 94 valence electrons. The first-order valence-corrected chi connectivity index (χ1v) is 6.04. The van der Waals surface area contributed by atoms with Crippen LogP contribution in [0.5, 0.6) is 0 Å². The van der Waals surface area contributed by atoms with Gasteiger partial charge >= 0.3 is 0 Å². The van der Waals surface area contributed by atoms with E-state index in [4.69, 9.17) is 28.9 Å². The van der Waals surface area contributed by atoms with Crippen molar-refractivity contribution in [3.63, 3.8) is 0 Å². The average molecular weight is 284 g/mol. The molecule has 0 spiro atoms. The van der Waals surface area contributed by atoms with Crippen molar-refractivity contribution in [1.29, 1.82) is 0 Å². The number of halogens is 2. The fourth-order valence-electron chi connectivity index (χ4n) is 1.64. The first-order valence-electron chi connectivity index (χ1n) is 5.28. The number of hydrogen-bond acceptors (Lipinski definition) is 2. The summed E-state index contributed by atoms with van der Waals surface area (Å²) in [6.45, 7) is 1.70. The lowest BCUT2D eigenvalue weighted by molar-refractivity contribution is -0.120. The van der Waals surface area contributed by atoms with Crippen molar-refractivity contribution in [2.45, 2.75) is 13.0 Å². The van der Waals surface area contributed by atoms with Crippen LogP contribution in [-0.2, 0) is 4.79 Å². The number of hydrogen-bond donors (Lipinski definition) is 1. The van der Waals surface area contributed by atoms with E-state index < -0.39 is 11.9 Å². The number of carbonyl (C=O) groups excluding carboxylic acids is 1. The van der Waals surface area contributed by atoms with Crippen LogP contribution in [0, 0.1) is 0 Å². The van der Waals surface area contributed by atoms with E-state index in [0.29, 0.717) is 21.4 Å². The van der Waals surface area contributed by atoms with E-state index >= 15 is 0 Å². The third-order valence-electron chi connectivity index (χ3n) is 2.67. The Kier molecular flexibility index (Phi) is 3.59. The predicted octanol–water partition coefficient (Wildman–Crippen LogP) is 2.90. The van der Waals surface area contributed by atoms with E-state index in [-0.39, 0.29) is 0 Å². The molecule has 0 fully saturated rings. The zero-order chi connectivity index (χ0) is 13.3. The van der Waals surface area contributed by atoms with Gasteiger partial charge < -0.3 is 10.3 Å². The minimum Gasteiger partial charge on any atom is -0.368 e. The molecule has 1 aromatic carbocycles. The molecule has 0 saturated heterocycles. The number of rotatable bonds is 3. The van der Waals surface area contributed by atoms with Crippen molar-refractivity contribution in [2.75, 3.05) is 0 Å². The number of aromatic nitrogens is 2. The monoisotopic (exact) mass is 283 g/mol. The van der Waals surface area contributed by atoms with Crippen LogP contribution in [0.15, 0.2) is 30.6 Å². The summed E-state index contributed by atoms with van der Waals surface area (Å²) in [7, 11) is 0. The van der Waals surface area contributed by atoms with Gasteiger partial charge in [0.25, 0.3) is 0 Å². The topological polar surface area (TPSA) is 60.9 Å². The molecule has 2 N–H and O–H groups in total. The fourth-order valence-corrected chi connectivity index (χ4v) is 2.01. The molecular formula is C12H11Cl2N3O. The second kappa shape index (κ2) is 5.00. The highest BCUT2D eigenvalue weighted by Crippen LogP contribution is 2.30. The molecule has 0 bridgehead atoms. The molecule has 18 heavy (non-hydrogen) atoms.